The number of para-hydroxylation sites is 1. The normalized spacial score (nSPS) is 17.2. The van der Waals surface area contributed by atoms with Gasteiger partial charge in [0.2, 0.25) is 0 Å². The fourth-order valence-corrected chi connectivity index (χ4v) is 4.63. The molecule has 0 spiro atoms. The number of benzene rings is 2. The Morgan fingerprint density at radius 2 is 1.84 bits per heavy atom. The highest BCUT2D eigenvalue weighted by molar-refractivity contribution is 7.98. The molecular weight excluding hydrogens is 408 g/mol. The summed E-state index contributed by atoms with van der Waals surface area (Å²) in [5.41, 5.74) is 3.78. The standard InChI is InChI=1S/C26H30O4S/c1-26(2,3)19-13-11-18(12-14-19)17-31-25-21(16-29-23-10-6-7-15-28-23)24(27)20-8-4-5-9-22(20)30-25/h4-5,8-9,11-14,23H,6-7,10,15-17H2,1-3H3. The summed E-state index contributed by atoms with van der Waals surface area (Å²) in [6.45, 7) is 7.54. The van der Waals surface area contributed by atoms with E-state index in [9.17, 15) is 4.79 Å². The molecule has 31 heavy (non-hydrogen) atoms. The van der Waals surface area contributed by atoms with E-state index in [1.807, 2.05) is 18.2 Å². The van der Waals surface area contributed by atoms with Gasteiger partial charge >= 0.3 is 0 Å². The van der Waals surface area contributed by atoms with Gasteiger partial charge in [-0.25, -0.2) is 0 Å². The highest BCUT2D eigenvalue weighted by Gasteiger charge is 2.20. The van der Waals surface area contributed by atoms with E-state index in [-0.39, 0.29) is 23.7 Å². The Morgan fingerprint density at radius 1 is 1.06 bits per heavy atom. The molecule has 1 aliphatic heterocycles. The van der Waals surface area contributed by atoms with E-state index in [4.69, 9.17) is 13.9 Å². The summed E-state index contributed by atoms with van der Waals surface area (Å²) < 4.78 is 17.8. The van der Waals surface area contributed by atoms with Crippen molar-refractivity contribution in [3.05, 3.63) is 75.4 Å². The molecule has 4 nitrogen and oxygen atoms in total. The van der Waals surface area contributed by atoms with Crippen molar-refractivity contribution in [2.75, 3.05) is 6.61 Å². The van der Waals surface area contributed by atoms with Crippen LogP contribution in [0.4, 0.5) is 0 Å². The van der Waals surface area contributed by atoms with Crippen LogP contribution in [0.5, 0.6) is 0 Å². The maximum absolute atomic E-state index is 13.2. The predicted octanol–water partition coefficient (Wildman–Crippen LogP) is 6.43. The Labute approximate surface area is 187 Å². The summed E-state index contributed by atoms with van der Waals surface area (Å²) in [6.07, 6.45) is 2.76. The molecule has 1 fully saturated rings. The van der Waals surface area contributed by atoms with Crippen molar-refractivity contribution in [3.8, 4) is 0 Å². The van der Waals surface area contributed by atoms with Gasteiger partial charge in [-0.3, -0.25) is 4.79 Å². The van der Waals surface area contributed by atoms with E-state index in [1.54, 1.807) is 17.8 Å². The van der Waals surface area contributed by atoms with Gasteiger partial charge in [-0.05, 0) is 47.9 Å². The maximum atomic E-state index is 13.2. The minimum atomic E-state index is -0.248. The molecule has 2 heterocycles. The molecule has 2 aromatic carbocycles. The van der Waals surface area contributed by atoms with Crippen LogP contribution in [0.15, 0.2) is 62.8 Å². The third-order valence-corrected chi connectivity index (χ3v) is 6.67. The van der Waals surface area contributed by atoms with E-state index in [2.05, 4.69) is 45.0 Å². The van der Waals surface area contributed by atoms with E-state index in [1.165, 1.54) is 11.1 Å². The molecule has 4 rings (SSSR count). The van der Waals surface area contributed by atoms with Gasteiger partial charge in [-0.15, -0.1) is 0 Å². The van der Waals surface area contributed by atoms with Gasteiger partial charge in [0.25, 0.3) is 0 Å². The molecule has 5 heteroatoms. The van der Waals surface area contributed by atoms with Gasteiger partial charge in [0, 0.05) is 12.4 Å². The molecule has 1 aromatic heterocycles. The second-order valence-corrected chi connectivity index (χ2v) is 9.98. The number of fused-ring (bicyclic) bond motifs is 1. The van der Waals surface area contributed by atoms with Gasteiger partial charge < -0.3 is 13.9 Å². The first-order valence-electron chi connectivity index (χ1n) is 10.9. The molecule has 0 amide bonds. The third kappa shape index (κ3) is 5.40. The first kappa shape index (κ1) is 22.1. The van der Waals surface area contributed by atoms with E-state index < -0.39 is 0 Å². The van der Waals surface area contributed by atoms with Crippen LogP contribution in [0.25, 0.3) is 11.0 Å². The Kier molecular flexibility index (Phi) is 6.85. The summed E-state index contributed by atoms with van der Waals surface area (Å²) in [5.74, 6) is 0.721. The van der Waals surface area contributed by atoms with E-state index in [0.29, 0.717) is 28.2 Å². The highest BCUT2D eigenvalue weighted by Crippen LogP contribution is 2.30. The van der Waals surface area contributed by atoms with Crippen molar-refractivity contribution in [1.29, 1.82) is 0 Å². The van der Waals surface area contributed by atoms with Gasteiger partial charge in [0.05, 0.1) is 17.6 Å². The van der Waals surface area contributed by atoms with E-state index in [0.717, 1.165) is 25.0 Å². The SMILES string of the molecule is CC(C)(C)c1ccc(CSc2oc3ccccc3c(=O)c2COC2CCCCO2)cc1. The molecule has 164 valence electrons. The second-order valence-electron chi connectivity index (χ2n) is 9.04. The van der Waals surface area contributed by atoms with E-state index >= 15 is 0 Å². The molecular formula is C26H30O4S. The fourth-order valence-electron chi connectivity index (χ4n) is 3.67. The summed E-state index contributed by atoms with van der Waals surface area (Å²) >= 11 is 1.54. The second kappa shape index (κ2) is 9.60. The summed E-state index contributed by atoms with van der Waals surface area (Å²) in [5, 5.41) is 1.21. The summed E-state index contributed by atoms with van der Waals surface area (Å²) in [4.78, 5) is 13.2. The number of rotatable bonds is 6. The van der Waals surface area contributed by atoms with Crippen molar-refractivity contribution in [1.82, 2.24) is 0 Å². The molecule has 0 radical (unpaired) electrons. The lowest BCUT2D eigenvalue weighted by Crippen LogP contribution is -2.23. The van der Waals surface area contributed by atoms with Gasteiger partial charge in [0.15, 0.2) is 16.8 Å². The molecule has 3 aromatic rings. The lowest BCUT2D eigenvalue weighted by molar-refractivity contribution is -0.169. The van der Waals surface area contributed by atoms with Gasteiger partial charge in [-0.2, -0.15) is 0 Å². The third-order valence-electron chi connectivity index (χ3n) is 5.60. The number of hydrogen-bond acceptors (Lipinski definition) is 5. The highest BCUT2D eigenvalue weighted by atomic mass is 32.2. The Balaban J connectivity index is 1.56. The van der Waals surface area contributed by atoms with Crippen LogP contribution in [-0.2, 0) is 27.2 Å². The molecule has 1 atom stereocenters. The zero-order chi connectivity index (χ0) is 21.8. The largest absolute Gasteiger partial charge is 0.449 e. The molecule has 1 saturated heterocycles. The van der Waals surface area contributed by atoms with Crippen LogP contribution < -0.4 is 5.43 Å². The smallest absolute Gasteiger partial charge is 0.199 e. The van der Waals surface area contributed by atoms with Crippen molar-refractivity contribution < 1.29 is 13.9 Å². The van der Waals surface area contributed by atoms with Crippen molar-refractivity contribution >= 4 is 22.7 Å². The summed E-state index contributed by atoms with van der Waals surface area (Å²) in [6, 6.07) is 16.1. The van der Waals surface area contributed by atoms with Crippen LogP contribution in [0, 0.1) is 0 Å². The minimum absolute atomic E-state index is 0.0248. The van der Waals surface area contributed by atoms with Crippen molar-refractivity contribution in [3.63, 3.8) is 0 Å². The van der Waals surface area contributed by atoms with Crippen LogP contribution in [0.1, 0.15) is 56.7 Å². The average molecular weight is 439 g/mol. The molecule has 1 unspecified atom stereocenters. The lowest BCUT2D eigenvalue weighted by atomic mass is 9.87. The number of hydrogen-bond donors (Lipinski definition) is 0. The first-order valence-corrected chi connectivity index (χ1v) is 11.9. The van der Waals surface area contributed by atoms with Crippen LogP contribution in [0.2, 0.25) is 0 Å². The predicted molar refractivity (Wildman–Crippen MR) is 126 cm³/mol. The van der Waals surface area contributed by atoms with Crippen molar-refractivity contribution in [2.24, 2.45) is 0 Å². The lowest BCUT2D eigenvalue weighted by Gasteiger charge is -2.23. The van der Waals surface area contributed by atoms with Gasteiger partial charge in [0.1, 0.15) is 5.58 Å². The van der Waals surface area contributed by atoms with Gasteiger partial charge in [-0.1, -0.05) is 68.9 Å². The Hall–Kier alpha value is -2.08. The average Bonchev–Trinajstić information content (AvgIpc) is 2.77. The molecule has 0 saturated carbocycles. The molecule has 0 N–H and O–H groups in total. The zero-order valence-corrected chi connectivity index (χ0v) is 19.3. The number of thioether (sulfide) groups is 1. The summed E-state index contributed by atoms with van der Waals surface area (Å²) in [7, 11) is 0. The first-order chi connectivity index (χ1) is 14.9. The monoisotopic (exact) mass is 438 g/mol. The quantitative estimate of drug-likeness (QED) is 0.415. The molecule has 0 aliphatic carbocycles. The Bertz CT molecular complexity index is 1070. The molecule has 1 aliphatic rings. The maximum Gasteiger partial charge on any atom is 0.199 e. The fraction of sp³-hybridized carbons (Fsp3) is 0.423. The van der Waals surface area contributed by atoms with Crippen molar-refractivity contribution in [2.45, 2.75) is 69.2 Å². The molecule has 0 bridgehead atoms. The van der Waals surface area contributed by atoms with Crippen LogP contribution >= 0.6 is 11.8 Å². The zero-order valence-electron chi connectivity index (χ0n) is 18.5. The van der Waals surface area contributed by atoms with Crippen LogP contribution in [-0.4, -0.2) is 12.9 Å². The van der Waals surface area contributed by atoms with Crippen LogP contribution in [0.3, 0.4) is 0 Å². The topological polar surface area (TPSA) is 48.7 Å². The minimum Gasteiger partial charge on any atom is -0.449 e. The number of ether oxygens (including phenoxy) is 2. The Morgan fingerprint density at radius 3 is 2.55 bits per heavy atom.